The Kier molecular flexibility index (Phi) is 5.22. The SMILES string of the molecule is CCOc1ccccc1Nc1cnnc(Nc2cccc(Br)c2)n1. The molecule has 0 aliphatic rings. The molecule has 3 aromatic rings. The molecule has 0 bridgehead atoms. The fourth-order valence-electron chi connectivity index (χ4n) is 2.10. The molecule has 6 nitrogen and oxygen atoms in total. The summed E-state index contributed by atoms with van der Waals surface area (Å²) in [6, 6.07) is 15.4. The predicted molar refractivity (Wildman–Crippen MR) is 98.1 cm³/mol. The summed E-state index contributed by atoms with van der Waals surface area (Å²) >= 11 is 3.43. The third-order valence-electron chi connectivity index (χ3n) is 3.09. The molecular weight excluding hydrogens is 370 g/mol. The van der Waals surface area contributed by atoms with Gasteiger partial charge in [-0.2, -0.15) is 10.1 Å². The maximum atomic E-state index is 5.60. The normalized spacial score (nSPS) is 10.2. The third kappa shape index (κ3) is 4.20. The molecule has 0 saturated heterocycles. The zero-order chi connectivity index (χ0) is 16.8. The van der Waals surface area contributed by atoms with Crippen molar-refractivity contribution in [3.05, 3.63) is 59.2 Å². The second-order valence-electron chi connectivity index (χ2n) is 4.85. The maximum Gasteiger partial charge on any atom is 0.249 e. The highest BCUT2D eigenvalue weighted by molar-refractivity contribution is 9.10. The van der Waals surface area contributed by atoms with E-state index in [0.717, 1.165) is 21.6 Å². The number of benzene rings is 2. The molecule has 0 fully saturated rings. The number of anilines is 4. The number of nitrogens with one attached hydrogen (secondary N) is 2. The number of aromatic nitrogens is 3. The first-order chi connectivity index (χ1) is 11.7. The highest BCUT2D eigenvalue weighted by atomic mass is 79.9. The second-order valence-corrected chi connectivity index (χ2v) is 5.77. The van der Waals surface area contributed by atoms with E-state index in [9.17, 15) is 0 Å². The Morgan fingerprint density at radius 2 is 1.96 bits per heavy atom. The number of para-hydroxylation sites is 2. The van der Waals surface area contributed by atoms with Crippen molar-refractivity contribution in [1.82, 2.24) is 15.2 Å². The molecule has 0 aliphatic carbocycles. The van der Waals surface area contributed by atoms with Gasteiger partial charge in [-0.3, -0.25) is 0 Å². The summed E-state index contributed by atoms with van der Waals surface area (Å²) in [5.74, 6) is 1.75. The first-order valence-corrected chi connectivity index (χ1v) is 8.25. The van der Waals surface area contributed by atoms with Crippen molar-refractivity contribution >= 4 is 39.1 Å². The number of halogens is 1. The lowest BCUT2D eigenvalue weighted by atomic mass is 10.3. The summed E-state index contributed by atoms with van der Waals surface area (Å²) in [4.78, 5) is 4.43. The van der Waals surface area contributed by atoms with Crippen LogP contribution in [0.3, 0.4) is 0 Å². The van der Waals surface area contributed by atoms with Gasteiger partial charge in [0.15, 0.2) is 5.82 Å². The van der Waals surface area contributed by atoms with Gasteiger partial charge in [0.2, 0.25) is 5.95 Å². The highest BCUT2D eigenvalue weighted by Gasteiger charge is 2.06. The Morgan fingerprint density at radius 3 is 2.79 bits per heavy atom. The molecule has 0 saturated carbocycles. The Labute approximate surface area is 148 Å². The molecule has 2 N–H and O–H groups in total. The van der Waals surface area contributed by atoms with Crippen molar-refractivity contribution in [1.29, 1.82) is 0 Å². The topological polar surface area (TPSA) is 72.0 Å². The van der Waals surface area contributed by atoms with Crippen LogP contribution in [0.5, 0.6) is 5.75 Å². The van der Waals surface area contributed by atoms with Crippen molar-refractivity contribution in [3.8, 4) is 5.75 Å². The van der Waals surface area contributed by atoms with Gasteiger partial charge in [-0.1, -0.05) is 34.1 Å². The van der Waals surface area contributed by atoms with Gasteiger partial charge in [0.05, 0.1) is 18.5 Å². The molecule has 0 unspecified atom stereocenters. The number of rotatable bonds is 6. The molecule has 0 atom stereocenters. The molecular formula is C17H16BrN5O. The van der Waals surface area contributed by atoms with Crippen LogP contribution in [0.15, 0.2) is 59.2 Å². The third-order valence-corrected chi connectivity index (χ3v) is 3.58. The smallest absolute Gasteiger partial charge is 0.249 e. The highest BCUT2D eigenvalue weighted by Crippen LogP contribution is 2.27. The molecule has 0 spiro atoms. The van der Waals surface area contributed by atoms with Crippen LogP contribution in [0.25, 0.3) is 0 Å². The standard InChI is InChI=1S/C17H16BrN5O/c1-2-24-15-9-4-3-8-14(15)21-16-11-19-23-17(22-16)20-13-7-5-6-12(18)10-13/h3-11H,2H2,1H3,(H2,20,21,22,23). The van der Waals surface area contributed by atoms with Crippen LogP contribution < -0.4 is 15.4 Å². The van der Waals surface area contributed by atoms with E-state index in [-0.39, 0.29) is 0 Å². The van der Waals surface area contributed by atoms with Crippen molar-refractivity contribution in [3.63, 3.8) is 0 Å². The van der Waals surface area contributed by atoms with Crippen molar-refractivity contribution in [2.75, 3.05) is 17.2 Å². The van der Waals surface area contributed by atoms with Gasteiger partial charge in [-0.15, -0.1) is 5.10 Å². The first kappa shape index (κ1) is 16.2. The fourth-order valence-corrected chi connectivity index (χ4v) is 2.50. The number of ether oxygens (including phenoxy) is 1. The summed E-state index contributed by atoms with van der Waals surface area (Å²) < 4.78 is 6.57. The van der Waals surface area contributed by atoms with E-state index < -0.39 is 0 Å². The average Bonchev–Trinajstić information content (AvgIpc) is 2.57. The van der Waals surface area contributed by atoms with Gasteiger partial charge in [-0.25, -0.2) is 0 Å². The predicted octanol–water partition coefficient (Wildman–Crippen LogP) is 4.52. The molecule has 24 heavy (non-hydrogen) atoms. The fraction of sp³-hybridized carbons (Fsp3) is 0.118. The van der Waals surface area contributed by atoms with Crippen molar-refractivity contribution < 1.29 is 4.74 Å². The van der Waals surface area contributed by atoms with Gasteiger partial charge in [0.25, 0.3) is 0 Å². The molecule has 1 aromatic heterocycles. The zero-order valence-corrected chi connectivity index (χ0v) is 14.6. The largest absolute Gasteiger partial charge is 0.492 e. The molecule has 122 valence electrons. The summed E-state index contributed by atoms with van der Waals surface area (Å²) in [5, 5.41) is 14.3. The van der Waals surface area contributed by atoms with Crippen LogP contribution in [-0.2, 0) is 0 Å². The molecule has 2 aromatic carbocycles. The van der Waals surface area contributed by atoms with Gasteiger partial charge >= 0.3 is 0 Å². The van der Waals surface area contributed by atoms with Crippen LogP contribution in [0.1, 0.15) is 6.92 Å². The maximum absolute atomic E-state index is 5.60. The minimum Gasteiger partial charge on any atom is -0.492 e. The van der Waals surface area contributed by atoms with Crippen molar-refractivity contribution in [2.24, 2.45) is 0 Å². The molecule has 1 heterocycles. The molecule has 0 radical (unpaired) electrons. The van der Waals surface area contributed by atoms with Gasteiger partial charge in [0, 0.05) is 10.2 Å². The molecule has 0 aliphatic heterocycles. The average molecular weight is 386 g/mol. The zero-order valence-electron chi connectivity index (χ0n) is 13.0. The Bertz CT molecular complexity index is 827. The van der Waals surface area contributed by atoms with Crippen molar-refractivity contribution in [2.45, 2.75) is 6.92 Å². The Balaban J connectivity index is 1.78. The molecule has 3 rings (SSSR count). The van der Waals surface area contributed by atoms with Crippen LogP contribution in [0.4, 0.5) is 23.1 Å². The second kappa shape index (κ2) is 7.74. The monoisotopic (exact) mass is 385 g/mol. The van der Waals surface area contributed by atoms with Crippen LogP contribution in [0, 0.1) is 0 Å². The lowest BCUT2D eigenvalue weighted by molar-refractivity contribution is 0.342. The lowest BCUT2D eigenvalue weighted by Gasteiger charge is -2.12. The number of nitrogens with zero attached hydrogens (tertiary/aromatic N) is 3. The van der Waals surface area contributed by atoms with Gasteiger partial charge in [-0.05, 0) is 37.3 Å². The molecule has 0 amide bonds. The van der Waals surface area contributed by atoms with E-state index in [1.165, 1.54) is 0 Å². The minimum atomic E-state index is 0.409. The summed E-state index contributed by atoms with van der Waals surface area (Å²) in [6.07, 6.45) is 1.56. The van der Waals surface area contributed by atoms with E-state index in [1.807, 2.05) is 55.5 Å². The van der Waals surface area contributed by atoms with E-state index in [2.05, 4.69) is 41.7 Å². The lowest BCUT2D eigenvalue weighted by Crippen LogP contribution is -2.03. The van der Waals surface area contributed by atoms with E-state index in [4.69, 9.17) is 4.74 Å². The Hall–Kier alpha value is -2.67. The van der Waals surface area contributed by atoms with E-state index in [0.29, 0.717) is 18.4 Å². The van der Waals surface area contributed by atoms with E-state index in [1.54, 1.807) is 6.20 Å². The summed E-state index contributed by atoms with van der Waals surface area (Å²) in [5.41, 5.74) is 1.70. The Morgan fingerprint density at radius 1 is 1.08 bits per heavy atom. The number of hydrogen-bond donors (Lipinski definition) is 2. The number of hydrogen-bond acceptors (Lipinski definition) is 6. The minimum absolute atomic E-state index is 0.409. The van der Waals surface area contributed by atoms with E-state index >= 15 is 0 Å². The van der Waals surface area contributed by atoms with Crippen LogP contribution in [-0.4, -0.2) is 21.8 Å². The van der Waals surface area contributed by atoms with Crippen LogP contribution in [0.2, 0.25) is 0 Å². The first-order valence-electron chi connectivity index (χ1n) is 7.46. The quantitative estimate of drug-likeness (QED) is 0.649. The van der Waals surface area contributed by atoms with Crippen LogP contribution >= 0.6 is 15.9 Å². The summed E-state index contributed by atoms with van der Waals surface area (Å²) in [6.45, 7) is 2.54. The van der Waals surface area contributed by atoms with Gasteiger partial charge in [0.1, 0.15) is 5.75 Å². The van der Waals surface area contributed by atoms with Gasteiger partial charge < -0.3 is 15.4 Å². The molecule has 7 heteroatoms. The summed E-state index contributed by atoms with van der Waals surface area (Å²) in [7, 11) is 0.